The molecule has 80 valence electrons. The SMILES string of the molecule is CCC(C)(C)S(=O)(=O)C[Si](C)(C)C. The van der Waals surface area contributed by atoms with E-state index in [4.69, 9.17) is 0 Å². The lowest BCUT2D eigenvalue weighted by Gasteiger charge is -2.27. The molecule has 0 saturated heterocycles. The molecule has 0 N–H and O–H groups in total. The van der Waals surface area contributed by atoms with E-state index in [9.17, 15) is 8.42 Å². The van der Waals surface area contributed by atoms with Crippen LogP contribution in [0.1, 0.15) is 27.2 Å². The minimum atomic E-state index is -2.91. The van der Waals surface area contributed by atoms with Gasteiger partial charge in [-0.2, -0.15) is 0 Å². The Morgan fingerprint density at radius 1 is 1.15 bits per heavy atom. The first-order valence-electron chi connectivity index (χ1n) is 4.74. The van der Waals surface area contributed by atoms with Crippen molar-refractivity contribution in [1.29, 1.82) is 0 Å². The van der Waals surface area contributed by atoms with Gasteiger partial charge in [0.1, 0.15) is 0 Å². The van der Waals surface area contributed by atoms with Crippen LogP contribution in [0.5, 0.6) is 0 Å². The Labute approximate surface area is 83.7 Å². The molecule has 0 radical (unpaired) electrons. The largest absolute Gasteiger partial charge is 0.229 e. The quantitative estimate of drug-likeness (QED) is 0.685. The van der Waals surface area contributed by atoms with Gasteiger partial charge in [0.15, 0.2) is 9.84 Å². The molecule has 0 unspecified atom stereocenters. The van der Waals surface area contributed by atoms with Crippen molar-refractivity contribution in [2.75, 3.05) is 5.38 Å². The average Bonchev–Trinajstić information content (AvgIpc) is 1.81. The molecule has 13 heavy (non-hydrogen) atoms. The Kier molecular flexibility index (Phi) is 3.78. The zero-order valence-electron chi connectivity index (χ0n) is 9.64. The third-order valence-corrected chi connectivity index (χ3v) is 9.27. The Hall–Kier alpha value is 0.167. The summed E-state index contributed by atoms with van der Waals surface area (Å²) >= 11 is 0. The van der Waals surface area contributed by atoms with Crippen LogP contribution in [0, 0.1) is 0 Å². The zero-order chi connectivity index (χ0) is 10.9. The Morgan fingerprint density at radius 3 is 1.77 bits per heavy atom. The number of hydrogen-bond acceptors (Lipinski definition) is 2. The van der Waals surface area contributed by atoms with E-state index in [1.165, 1.54) is 0 Å². The summed E-state index contributed by atoms with van der Waals surface area (Å²) in [5.41, 5.74) is 0. The van der Waals surface area contributed by atoms with Crippen LogP contribution in [0.4, 0.5) is 0 Å². The molecular formula is C9H22O2SSi. The van der Waals surface area contributed by atoms with Gasteiger partial charge in [-0.25, -0.2) is 8.42 Å². The molecule has 0 heterocycles. The van der Waals surface area contributed by atoms with Gasteiger partial charge >= 0.3 is 0 Å². The van der Waals surface area contributed by atoms with E-state index in [0.717, 1.165) is 0 Å². The highest BCUT2D eigenvalue weighted by Crippen LogP contribution is 2.23. The van der Waals surface area contributed by atoms with Crippen molar-refractivity contribution in [2.24, 2.45) is 0 Å². The lowest BCUT2D eigenvalue weighted by atomic mass is 10.1. The molecule has 0 amide bonds. The highest BCUT2D eigenvalue weighted by atomic mass is 32.2. The van der Waals surface area contributed by atoms with Crippen molar-refractivity contribution in [3.05, 3.63) is 0 Å². The molecule has 0 aromatic carbocycles. The highest BCUT2D eigenvalue weighted by molar-refractivity contribution is 7.94. The Bertz CT molecular complexity index is 260. The van der Waals surface area contributed by atoms with Crippen LogP contribution in [-0.2, 0) is 9.84 Å². The standard InChI is InChI=1S/C9H22O2SSi/c1-7-9(2,3)12(10,11)8-13(4,5)6/h7-8H2,1-6H3. The molecule has 0 spiro atoms. The fourth-order valence-electron chi connectivity index (χ4n) is 0.985. The van der Waals surface area contributed by atoms with Gasteiger partial charge in [-0.1, -0.05) is 26.6 Å². The van der Waals surface area contributed by atoms with Crippen molar-refractivity contribution >= 4 is 17.9 Å². The Balaban J connectivity index is 4.81. The molecule has 0 bridgehead atoms. The molecule has 0 saturated carbocycles. The molecule has 0 fully saturated rings. The van der Waals surface area contributed by atoms with Crippen molar-refractivity contribution in [3.8, 4) is 0 Å². The molecule has 0 aliphatic carbocycles. The lowest BCUT2D eigenvalue weighted by molar-refractivity contribution is 0.542. The van der Waals surface area contributed by atoms with E-state index >= 15 is 0 Å². The van der Waals surface area contributed by atoms with Gasteiger partial charge < -0.3 is 0 Å². The third-order valence-electron chi connectivity index (χ3n) is 2.32. The van der Waals surface area contributed by atoms with Gasteiger partial charge in [-0.3, -0.25) is 0 Å². The lowest BCUT2D eigenvalue weighted by Crippen LogP contribution is -2.42. The summed E-state index contributed by atoms with van der Waals surface area (Å²) in [6.07, 6.45) is 0.694. The van der Waals surface area contributed by atoms with Gasteiger partial charge in [0, 0.05) is 5.38 Å². The minimum Gasteiger partial charge on any atom is -0.229 e. The first-order chi connectivity index (χ1) is 5.52. The van der Waals surface area contributed by atoms with Crippen LogP contribution in [-0.4, -0.2) is 26.6 Å². The summed E-state index contributed by atoms with van der Waals surface area (Å²) in [5, 5.41) is 0.404. The smallest absolute Gasteiger partial charge is 0.152 e. The van der Waals surface area contributed by atoms with Crippen molar-refractivity contribution in [1.82, 2.24) is 0 Å². The predicted octanol–water partition coefficient (Wildman–Crippen LogP) is 2.47. The Morgan fingerprint density at radius 2 is 1.54 bits per heavy atom. The van der Waals surface area contributed by atoms with Crippen LogP contribution in [0.3, 0.4) is 0 Å². The van der Waals surface area contributed by atoms with Crippen LogP contribution in [0.2, 0.25) is 19.6 Å². The van der Waals surface area contributed by atoms with E-state index in [1.54, 1.807) is 0 Å². The average molecular weight is 222 g/mol. The highest BCUT2D eigenvalue weighted by Gasteiger charge is 2.35. The monoisotopic (exact) mass is 222 g/mol. The summed E-state index contributed by atoms with van der Waals surface area (Å²) in [7, 11) is -4.41. The number of rotatable bonds is 4. The predicted molar refractivity (Wildman–Crippen MR) is 61.5 cm³/mol. The van der Waals surface area contributed by atoms with Crippen LogP contribution < -0.4 is 0 Å². The summed E-state index contributed by atoms with van der Waals surface area (Å²) in [4.78, 5) is 0. The molecule has 0 aromatic rings. The molecular weight excluding hydrogens is 200 g/mol. The second-order valence-electron chi connectivity index (χ2n) is 5.43. The number of sulfone groups is 1. The fourth-order valence-corrected chi connectivity index (χ4v) is 7.55. The van der Waals surface area contributed by atoms with E-state index < -0.39 is 22.7 Å². The second-order valence-corrected chi connectivity index (χ2v) is 14.0. The van der Waals surface area contributed by atoms with Crippen molar-refractivity contribution in [3.63, 3.8) is 0 Å². The van der Waals surface area contributed by atoms with Crippen LogP contribution in [0.15, 0.2) is 0 Å². The van der Waals surface area contributed by atoms with Crippen LogP contribution in [0.25, 0.3) is 0 Å². The normalized spacial score (nSPS) is 14.6. The summed E-state index contributed by atoms with van der Waals surface area (Å²) in [6, 6.07) is 0. The molecule has 0 atom stereocenters. The van der Waals surface area contributed by atoms with Gasteiger partial charge in [-0.15, -0.1) is 0 Å². The molecule has 0 aliphatic heterocycles. The van der Waals surface area contributed by atoms with Gasteiger partial charge in [0.25, 0.3) is 0 Å². The molecule has 4 heteroatoms. The van der Waals surface area contributed by atoms with E-state index in [1.807, 2.05) is 20.8 Å². The topological polar surface area (TPSA) is 34.1 Å². The first-order valence-corrected chi connectivity index (χ1v) is 10.1. The van der Waals surface area contributed by atoms with Gasteiger partial charge in [0.05, 0.1) is 12.8 Å². The molecule has 0 aromatic heterocycles. The van der Waals surface area contributed by atoms with E-state index in [-0.39, 0.29) is 0 Å². The summed E-state index contributed by atoms with van der Waals surface area (Å²) < 4.78 is 23.3. The molecule has 0 rings (SSSR count). The van der Waals surface area contributed by atoms with Crippen LogP contribution >= 0.6 is 0 Å². The van der Waals surface area contributed by atoms with Crippen molar-refractivity contribution < 1.29 is 8.42 Å². The maximum Gasteiger partial charge on any atom is 0.152 e. The summed E-state index contributed by atoms with van der Waals surface area (Å²) in [6.45, 7) is 11.9. The fraction of sp³-hybridized carbons (Fsp3) is 1.00. The van der Waals surface area contributed by atoms with Gasteiger partial charge in [-0.05, 0) is 20.3 Å². The van der Waals surface area contributed by atoms with Crippen molar-refractivity contribution in [2.45, 2.75) is 51.6 Å². The summed E-state index contributed by atoms with van der Waals surface area (Å²) in [5.74, 6) is 0. The minimum absolute atomic E-state index is 0.404. The maximum absolute atomic E-state index is 11.9. The first kappa shape index (κ1) is 13.2. The second kappa shape index (κ2) is 3.73. The van der Waals surface area contributed by atoms with E-state index in [2.05, 4.69) is 19.6 Å². The molecule has 2 nitrogen and oxygen atoms in total. The zero-order valence-corrected chi connectivity index (χ0v) is 11.5. The third kappa shape index (κ3) is 3.81. The van der Waals surface area contributed by atoms with Gasteiger partial charge in [0.2, 0.25) is 0 Å². The van der Waals surface area contributed by atoms with E-state index in [0.29, 0.717) is 11.8 Å². The maximum atomic E-state index is 11.9. The molecule has 0 aliphatic rings. The number of hydrogen-bond donors (Lipinski definition) is 0.